The van der Waals surface area contributed by atoms with Gasteiger partial charge >= 0.3 is 6.18 Å². The van der Waals surface area contributed by atoms with E-state index in [9.17, 15) is 22.5 Å². The van der Waals surface area contributed by atoms with Gasteiger partial charge in [-0.1, -0.05) is 54.1 Å². The van der Waals surface area contributed by atoms with Gasteiger partial charge < -0.3 is 9.84 Å². The third kappa shape index (κ3) is 5.11. The molecule has 31 heavy (non-hydrogen) atoms. The summed E-state index contributed by atoms with van der Waals surface area (Å²) in [6, 6.07) is 10.3. The number of halogens is 4. The number of rotatable bonds is 5. The molecule has 5 nitrogen and oxygen atoms in total. The zero-order valence-corrected chi connectivity index (χ0v) is 18.6. The van der Waals surface area contributed by atoms with Crippen molar-refractivity contribution in [2.45, 2.75) is 43.3 Å². The minimum Gasteiger partial charge on any atom is -0.487 e. The lowest BCUT2D eigenvalue weighted by atomic mass is 9.91. The van der Waals surface area contributed by atoms with Gasteiger partial charge in [0.05, 0.1) is 21.4 Å². The summed E-state index contributed by atoms with van der Waals surface area (Å²) in [5.41, 5.74) is -0.872. The summed E-state index contributed by atoms with van der Waals surface area (Å²) in [7, 11) is -1.60. The molecule has 1 aromatic heterocycles. The number of ether oxygens (including phenoxy) is 1. The Labute approximate surface area is 185 Å². The van der Waals surface area contributed by atoms with Gasteiger partial charge in [0.15, 0.2) is 17.0 Å². The summed E-state index contributed by atoms with van der Waals surface area (Å²) >= 11 is 6.10. The van der Waals surface area contributed by atoms with Crippen molar-refractivity contribution in [1.82, 2.24) is 9.71 Å². The van der Waals surface area contributed by atoms with Crippen LogP contribution in [0.5, 0.6) is 5.75 Å². The number of pyridine rings is 1. The van der Waals surface area contributed by atoms with Gasteiger partial charge in [0.2, 0.25) is 0 Å². The number of nitrogens with one attached hydrogen (secondary N) is 1. The van der Waals surface area contributed by atoms with Gasteiger partial charge in [-0.3, -0.25) is 0 Å². The highest BCUT2D eigenvalue weighted by molar-refractivity contribution is 7.84. The van der Waals surface area contributed by atoms with Crippen LogP contribution in [0.1, 0.15) is 43.7 Å². The molecule has 3 atom stereocenters. The molecule has 2 aromatic rings. The smallest absolute Gasteiger partial charge is 0.420 e. The lowest BCUT2D eigenvalue weighted by molar-refractivity contribution is -0.208. The number of benzene rings is 1. The lowest BCUT2D eigenvalue weighted by Crippen LogP contribution is -2.48. The molecule has 0 bridgehead atoms. The van der Waals surface area contributed by atoms with E-state index in [1.54, 1.807) is 32.9 Å². The number of aliphatic hydroxyl groups excluding tert-OH is 1. The van der Waals surface area contributed by atoms with Gasteiger partial charge in [-0.15, -0.1) is 0 Å². The summed E-state index contributed by atoms with van der Waals surface area (Å²) < 4.78 is 60.3. The molecule has 10 heteroatoms. The van der Waals surface area contributed by atoms with E-state index in [1.807, 2.05) is 30.3 Å². The fraction of sp³-hybridized carbons (Fsp3) is 0.381. The van der Waals surface area contributed by atoms with Crippen LogP contribution in [0, 0.1) is 0 Å². The monoisotopic (exact) mass is 474 g/mol. The van der Waals surface area contributed by atoms with Crippen LogP contribution in [0.4, 0.5) is 13.2 Å². The quantitative estimate of drug-likeness (QED) is 0.617. The third-order valence-electron chi connectivity index (χ3n) is 4.66. The molecule has 0 saturated heterocycles. The second-order valence-electron chi connectivity index (χ2n) is 8.15. The van der Waals surface area contributed by atoms with Crippen molar-refractivity contribution in [2.24, 2.45) is 0 Å². The molecule has 1 aliphatic heterocycles. The van der Waals surface area contributed by atoms with Crippen molar-refractivity contribution in [3.8, 4) is 5.75 Å². The summed E-state index contributed by atoms with van der Waals surface area (Å²) in [6.07, 6.45) is -4.31. The molecule has 0 amide bonds. The number of aromatic nitrogens is 1. The summed E-state index contributed by atoms with van der Waals surface area (Å²) in [5, 5.41) is 9.41. The lowest BCUT2D eigenvalue weighted by Gasteiger charge is -2.30. The average Bonchev–Trinajstić information content (AvgIpc) is 3.04. The maximum atomic E-state index is 13.1. The van der Waals surface area contributed by atoms with E-state index < -0.39 is 39.2 Å². The predicted molar refractivity (Wildman–Crippen MR) is 114 cm³/mol. The Morgan fingerprint density at radius 1 is 1.29 bits per heavy atom. The number of aliphatic hydroxyl groups is 1. The first kappa shape index (κ1) is 23.7. The molecule has 0 saturated carbocycles. The molecule has 0 spiro atoms. The average molecular weight is 475 g/mol. The van der Waals surface area contributed by atoms with Crippen molar-refractivity contribution in [3.63, 3.8) is 0 Å². The van der Waals surface area contributed by atoms with Crippen molar-refractivity contribution < 1.29 is 27.2 Å². The molecule has 1 aliphatic rings. The maximum absolute atomic E-state index is 13.1. The Hall–Kier alpha value is -1.94. The van der Waals surface area contributed by atoms with E-state index in [-0.39, 0.29) is 23.1 Å². The number of alkyl halides is 3. The Morgan fingerprint density at radius 3 is 2.52 bits per heavy atom. The predicted octanol–water partition coefficient (Wildman–Crippen LogP) is 4.68. The molecular weight excluding hydrogens is 453 g/mol. The minimum atomic E-state index is -4.92. The van der Waals surface area contributed by atoms with E-state index in [0.717, 1.165) is 11.6 Å². The Morgan fingerprint density at radius 2 is 1.94 bits per heavy atom. The topological polar surface area (TPSA) is 71.5 Å². The number of fused-ring (bicyclic) bond motifs is 1. The Bertz CT molecular complexity index is 1010. The largest absolute Gasteiger partial charge is 0.487 e. The molecular formula is C21H22ClF3N2O3S. The van der Waals surface area contributed by atoms with Gasteiger partial charge in [-0.25, -0.2) is 13.9 Å². The highest BCUT2D eigenvalue weighted by Gasteiger charge is 2.46. The number of hydrogen-bond donors (Lipinski definition) is 2. The summed E-state index contributed by atoms with van der Waals surface area (Å²) in [6.45, 7) is 5.22. The zero-order chi connectivity index (χ0) is 23.0. The first-order chi connectivity index (χ1) is 14.3. The molecule has 3 rings (SSSR count). The molecule has 3 unspecified atom stereocenters. The molecule has 0 aliphatic carbocycles. The molecule has 2 N–H and O–H groups in total. The number of hydrogen-bond acceptors (Lipinski definition) is 4. The normalized spacial score (nSPS) is 21.0. The zero-order valence-electron chi connectivity index (χ0n) is 17.0. The molecule has 0 radical (unpaired) electrons. The van der Waals surface area contributed by atoms with Crippen LogP contribution in [0.3, 0.4) is 0 Å². The Balaban J connectivity index is 2.14. The van der Waals surface area contributed by atoms with Gasteiger partial charge in [0, 0.05) is 5.56 Å². The second-order valence-corrected chi connectivity index (χ2v) is 10.5. The minimum absolute atomic E-state index is 0.0690. The van der Waals surface area contributed by atoms with E-state index in [2.05, 4.69) is 9.71 Å². The van der Waals surface area contributed by atoms with E-state index >= 15 is 0 Å². The first-order valence-corrected chi connectivity index (χ1v) is 10.9. The van der Waals surface area contributed by atoms with Crippen molar-refractivity contribution in [1.29, 1.82) is 0 Å². The molecule has 0 fully saturated rings. The molecule has 1 aromatic carbocycles. The van der Waals surface area contributed by atoms with Crippen LogP contribution >= 0.6 is 11.6 Å². The van der Waals surface area contributed by atoms with Gasteiger partial charge in [-0.2, -0.15) is 13.2 Å². The van der Waals surface area contributed by atoms with Crippen LogP contribution < -0.4 is 9.46 Å². The third-order valence-corrected chi connectivity index (χ3v) is 6.58. The van der Waals surface area contributed by atoms with Crippen LogP contribution in [-0.4, -0.2) is 31.8 Å². The fourth-order valence-electron chi connectivity index (χ4n) is 2.94. The molecule has 2 heterocycles. The first-order valence-electron chi connectivity index (χ1n) is 9.36. The van der Waals surface area contributed by atoms with Crippen LogP contribution in [0.25, 0.3) is 6.08 Å². The van der Waals surface area contributed by atoms with E-state index in [1.165, 1.54) is 0 Å². The summed E-state index contributed by atoms with van der Waals surface area (Å²) in [5.74, 6) is 0.0795. The van der Waals surface area contributed by atoms with Gasteiger partial charge in [0.25, 0.3) is 0 Å². The number of nitrogens with zero attached hydrogens (tertiary/aromatic N) is 1. The van der Waals surface area contributed by atoms with Crippen LogP contribution in [-0.2, 0) is 16.5 Å². The second kappa shape index (κ2) is 8.54. The van der Waals surface area contributed by atoms with Crippen LogP contribution in [0.2, 0.25) is 5.15 Å². The van der Waals surface area contributed by atoms with Crippen molar-refractivity contribution >= 4 is 28.7 Å². The Kier molecular flexibility index (Phi) is 6.53. The SMILES string of the molecule is CC(C)(C)S(=O)NC1(C=Cc2ccccc2)COc2c1cc(C(O)C(F)(F)F)nc2Cl. The van der Waals surface area contributed by atoms with E-state index in [0.29, 0.717) is 0 Å². The fourth-order valence-corrected chi connectivity index (χ4v) is 4.07. The summed E-state index contributed by atoms with van der Waals surface area (Å²) in [4.78, 5) is 3.67. The van der Waals surface area contributed by atoms with Crippen LogP contribution in [0.15, 0.2) is 42.5 Å². The molecule has 168 valence electrons. The van der Waals surface area contributed by atoms with Crippen molar-refractivity contribution in [2.75, 3.05) is 6.61 Å². The van der Waals surface area contributed by atoms with Crippen molar-refractivity contribution in [3.05, 3.63) is 64.4 Å². The van der Waals surface area contributed by atoms with Gasteiger partial charge in [0.1, 0.15) is 12.1 Å². The maximum Gasteiger partial charge on any atom is 0.420 e. The highest BCUT2D eigenvalue weighted by Crippen LogP contribution is 2.45. The van der Waals surface area contributed by atoms with Gasteiger partial charge in [-0.05, 0) is 32.4 Å². The highest BCUT2D eigenvalue weighted by atomic mass is 35.5. The standard InChI is InChI=1S/C21H22ClF3N2O3S/c1-19(2,3)31(29)27-20(10-9-13-7-5-4-6-8-13)12-30-16-14(20)11-15(26-18(16)22)17(28)21(23,24)25/h4-11,17,27-28H,12H2,1-3H3. The van der Waals surface area contributed by atoms with E-state index in [4.69, 9.17) is 16.3 Å².